The first-order chi connectivity index (χ1) is 8.18. The van der Waals surface area contributed by atoms with Crippen molar-refractivity contribution in [2.75, 3.05) is 0 Å². The molecule has 1 heteroatoms. The molecule has 0 aliphatic heterocycles. The SMILES string of the molecule is CC(C)[C@H]1CC[C@H]2[C@H]3C=CCC[C@H]3CC(=O)[C@H]21. The van der Waals surface area contributed by atoms with E-state index in [1.165, 1.54) is 25.7 Å². The van der Waals surface area contributed by atoms with Crippen molar-refractivity contribution < 1.29 is 4.79 Å². The summed E-state index contributed by atoms with van der Waals surface area (Å²) in [5, 5.41) is 0. The number of ketones is 1. The molecule has 3 rings (SSSR count). The maximum absolute atomic E-state index is 12.4. The van der Waals surface area contributed by atoms with Crippen molar-refractivity contribution in [3.8, 4) is 0 Å². The van der Waals surface area contributed by atoms with Crippen LogP contribution >= 0.6 is 0 Å². The molecule has 0 aromatic rings. The van der Waals surface area contributed by atoms with Gasteiger partial charge in [-0.15, -0.1) is 0 Å². The van der Waals surface area contributed by atoms with E-state index >= 15 is 0 Å². The molecule has 0 saturated heterocycles. The van der Waals surface area contributed by atoms with Gasteiger partial charge in [0.25, 0.3) is 0 Å². The third-order valence-electron chi connectivity index (χ3n) is 5.55. The smallest absolute Gasteiger partial charge is 0.136 e. The molecule has 5 atom stereocenters. The van der Waals surface area contributed by atoms with Gasteiger partial charge in [0, 0.05) is 12.3 Å². The fourth-order valence-corrected chi connectivity index (χ4v) is 4.76. The highest BCUT2D eigenvalue weighted by Crippen LogP contribution is 2.53. The summed E-state index contributed by atoms with van der Waals surface area (Å²) in [5.74, 6) is 4.45. The Morgan fingerprint density at radius 1 is 1.24 bits per heavy atom. The van der Waals surface area contributed by atoms with Crippen LogP contribution in [0.4, 0.5) is 0 Å². The van der Waals surface area contributed by atoms with Crippen molar-refractivity contribution in [1.82, 2.24) is 0 Å². The number of carbonyl (C=O) groups excluding carboxylic acids is 1. The van der Waals surface area contributed by atoms with Crippen LogP contribution < -0.4 is 0 Å². The first kappa shape index (κ1) is 11.5. The molecule has 0 aromatic carbocycles. The molecule has 94 valence electrons. The van der Waals surface area contributed by atoms with E-state index in [4.69, 9.17) is 0 Å². The fraction of sp³-hybridized carbons (Fsp3) is 0.812. The Hall–Kier alpha value is -0.590. The predicted octanol–water partition coefficient (Wildman–Crippen LogP) is 3.84. The van der Waals surface area contributed by atoms with Gasteiger partial charge in [-0.25, -0.2) is 0 Å². The summed E-state index contributed by atoms with van der Waals surface area (Å²) in [6.45, 7) is 4.59. The molecule has 0 N–H and O–H groups in total. The Morgan fingerprint density at radius 2 is 2.06 bits per heavy atom. The zero-order valence-electron chi connectivity index (χ0n) is 11.1. The van der Waals surface area contributed by atoms with E-state index in [1.54, 1.807) is 0 Å². The van der Waals surface area contributed by atoms with Gasteiger partial charge >= 0.3 is 0 Å². The van der Waals surface area contributed by atoms with Crippen LogP contribution in [0.15, 0.2) is 12.2 Å². The lowest BCUT2D eigenvalue weighted by Gasteiger charge is -2.41. The number of hydrogen-bond donors (Lipinski definition) is 0. The quantitative estimate of drug-likeness (QED) is 0.628. The summed E-state index contributed by atoms with van der Waals surface area (Å²) in [6, 6.07) is 0. The number of rotatable bonds is 1. The Labute approximate surface area is 105 Å². The first-order valence-corrected chi connectivity index (χ1v) is 7.38. The lowest BCUT2D eigenvalue weighted by molar-refractivity contribution is -0.131. The van der Waals surface area contributed by atoms with E-state index in [0.29, 0.717) is 35.4 Å². The number of carbonyl (C=O) groups is 1. The Kier molecular flexibility index (Phi) is 2.88. The topological polar surface area (TPSA) is 17.1 Å². The van der Waals surface area contributed by atoms with Gasteiger partial charge in [-0.1, -0.05) is 26.0 Å². The second-order valence-corrected chi connectivity index (χ2v) is 6.69. The third kappa shape index (κ3) is 1.78. The summed E-state index contributed by atoms with van der Waals surface area (Å²) in [5.41, 5.74) is 0. The third-order valence-corrected chi connectivity index (χ3v) is 5.55. The highest BCUT2D eigenvalue weighted by molar-refractivity contribution is 5.83. The molecule has 3 aliphatic rings. The van der Waals surface area contributed by atoms with Crippen LogP contribution in [0.3, 0.4) is 0 Å². The van der Waals surface area contributed by atoms with Gasteiger partial charge in [0.15, 0.2) is 0 Å². The zero-order valence-corrected chi connectivity index (χ0v) is 11.1. The molecule has 0 amide bonds. The molecule has 0 spiro atoms. The van der Waals surface area contributed by atoms with E-state index in [0.717, 1.165) is 12.3 Å². The molecule has 0 unspecified atom stereocenters. The number of Topliss-reactive ketones (excluding diaryl/α,β-unsaturated/α-hetero) is 1. The molecular weight excluding hydrogens is 208 g/mol. The first-order valence-electron chi connectivity index (χ1n) is 7.38. The second kappa shape index (κ2) is 4.26. The minimum Gasteiger partial charge on any atom is -0.299 e. The van der Waals surface area contributed by atoms with E-state index in [1.807, 2.05) is 0 Å². The normalized spacial score (nSPS) is 44.9. The fourth-order valence-electron chi connectivity index (χ4n) is 4.76. The van der Waals surface area contributed by atoms with Crippen molar-refractivity contribution in [1.29, 1.82) is 0 Å². The van der Waals surface area contributed by atoms with Crippen LogP contribution in [-0.2, 0) is 4.79 Å². The number of fused-ring (bicyclic) bond motifs is 3. The maximum Gasteiger partial charge on any atom is 0.136 e. The lowest BCUT2D eigenvalue weighted by Crippen LogP contribution is -2.41. The molecule has 2 saturated carbocycles. The van der Waals surface area contributed by atoms with Gasteiger partial charge in [0.05, 0.1) is 0 Å². The standard InChI is InChI=1S/C16H24O/c1-10(2)12-7-8-14-13-6-4-3-5-11(13)9-15(17)16(12)14/h4,6,10-14,16H,3,5,7-9H2,1-2H3/t11-,12+,13-,14-,16-/m0/s1. The Bertz CT molecular complexity index is 341. The van der Waals surface area contributed by atoms with E-state index in [-0.39, 0.29) is 0 Å². The van der Waals surface area contributed by atoms with Gasteiger partial charge in [-0.05, 0) is 55.3 Å². The van der Waals surface area contributed by atoms with Gasteiger partial charge in [0.1, 0.15) is 5.78 Å². The van der Waals surface area contributed by atoms with Crippen LogP contribution in [0.1, 0.15) is 46.0 Å². The molecule has 0 aromatic heterocycles. The molecule has 3 aliphatic carbocycles. The van der Waals surface area contributed by atoms with Gasteiger partial charge in [-0.3, -0.25) is 4.79 Å². The average molecular weight is 232 g/mol. The van der Waals surface area contributed by atoms with Gasteiger partial charge in [0.2, 0.25) is 0 Å². The zero-order chi connectivity index (χ0) is 12.0. The number of allylic oxidation sites excluding steroid dienone is 2. The molecular formula is C16H24O. The number of hydrogen-bond acceptors (Lipinski definition) is 1. The highest BCUT2D eigenvalue weighted by Gasteiger charge is 2.50. The molecule has 0 bridgehead atoms. The highest BCUT2D eigenvalue weighted by atomic mass is 16.1. The summed E-state index contributed by atoms with van der Waals surface area (Å²) >= 11 is 0. The van der Waals surface area contributed by atoms with Crippen molar-refractivity contribution in [2.24, 2.45) is 35.5 Å². The predicted molar refractivity (Wildman–Crippen MR) is 69.5 cm³/mol. The van der Waals surface area contributed by atoms with E-state index < -0.39 is 0 Å². The molecule has 2 fully saturated rings. The molecule has 17 heavy (non-hydrogen) atoms. The molecule has 0 radical (unpaired) electrons. The second-order valence-electron chi connectivity index (χ2n) is 6.69. The van der Waals surface area contributed by atoms with Crippen molar-refractivity contribution in [3.63, 3.8) is 0 Å². The van der Waals surface area contributed by atoms with Crippen molar-refractivity contribution in [2.45, 2.75) is 46.0 Å². The van der Waals surface area contributed by atoms with Crippen LogP contribution in [0.25, 0.3) is 0 Å². The van der Waals surface area contributed by atoms with Gasteiger partial charge in [-0.2, -0.15) is 0 Å². The summed E-state index contributed by atoms with van der Waals surface area (Å²) < 4.78 is 0. The van der Waals surface area contributed by atoms with E-state index in [9.17, 15) is 4.79 Å². The monoisotopic (exact) mass is 232 g/mol. The average Bonchev–Trinajstić information content (AvgIpc) is 2.74. The van der Waals surface area contributed by atoms with Crippen LogP contribution in [0, 0.1) is 35.5 Å². The summed E-state index contributed by atoms with van der Waals surface area (Å²) in [4.78, 5) is 12.4. The van der Waals surface area contributed by atoms with Crippen LogP contribution in [-0.4, -0.2) is 5.78 Å². The minimum absolute atomic E-state index is 0.402. The van der Waals surface area contributed by atoms with Crippen LogP contribution in [0.5, 0.6) is 0 Å². The lowest BCUT2D eigenvalue weighted by atomic mass is 9.62. The van der Waals surface area contributed by atoms with Gasteiger partial charge < -0.3 is 0 Å². The van der Waals surface area contributed by atoms with E-state index in [2.05, 4.69) is 26.0 Å². The Balaban J connectivity index is 1.88. The largest absolute Gasteiger partial charge is 0.299 e. The van der Waals surface area contributed by atoms with Crippen LogP contribution in [0.2, 0.25) is 0 Å². The van der Waals surface area contributed by atoms with Crippen molar-refractivity contribution in [3.05, 3.63) is 12.2 Å². The minimum atomic E-state index is 0.402. The summed E-state index contributed by atoms with van der Waals surface area (Å²) in [6.07, 6.45) is 10.7. The summed E-state index contributed by atoms with van der Waals surface area (Å²) in [7, 11) is 0. The Morgan fingerprint density at radius 3 is 2.82 bits per heavy atom. The molecule has 0 heterocycles. The van der Waals surface area contributed by atoms with Crippen molar-refractivity contribution >= 4 is 5.78 Å². The molecule has 1 nitrogen and oxygen atoms in total. The maximum atomic E-state index is 12.4.